The zero-order chi connectivity index (χ0) is 18.9. The number of hydrogen-bond acceptors (Lipinski definition) is 5. The average molecular weight is 374 g/mol. The number of nitrogens with zero attached hydrogens (tertiary/aromatic N) is 4. The normalized spacial score (nSPS) is 24.3. The maximum absolute atomic E-state index is 12.9. The number of nitrogens with one attached hydrogen (secondary N) is 2. The fourth-order valence-electron chi connectivity index (χ4n) is 4.67. The van der Waals surface area contributed by atoms with Crippen molar-refractivity contribution >= 4 is 11.8 Å². The molecule has 4 rings (SSSR count). The summed E-state index contributed by atoms with van der Waals surface area (Å²) in [6.45, 7) is 7.49. The number of amides is 2. The first-order chi connectivity index (χ1) is 13.1. The molecule has 8 heteroatoms. The summed E-state index contributed by atoms with van der Waals surface area (Å²) in [4.78, 5) is 33.1. The minimum Gasteiger partial charge on any atom is -0.353 e. The molecule has 8 nitrogen and oxygen atoms in total. The molecule has 27 heavy (non-hydrogen) atoms. The first kappa shape index (κ1) is 18.4. The van der Waals surface area contributed by atoms with E-state index in [1.807, 2.05) is 12.4 Å². The minimum absolute atomic E-state index is 0.0513. The average Bonchev–Trinajstić information content (AvgIpc) is 3.16. The van der Waals surface area contributed by atoms with Crippen molar-refractivity contribution in [1.82, 2.24) is 30.0 Å². The van der Waals surface area contributed by atoms with Gasteiger partial charge in [-0.05, 0) is 44.7 Å². The van der Waals surface area contributed by atoms with Gasteiger partial charge < -0.3 is 20.1 Å². The van der Waals surface area contributed by atoms with Gasteiger partial charge in [-0.3, -0.25) is 14.5 Å². The summed E-state index contributed by atoms with van der Waals surface area (Å²) in [5, 5.41) is 6.23. The lowest BCUT2D eigenvalue weighted by molar-refractivity contribution is -0.139. The molecule has 2 aliphatic heterocycles. The zero-order valence-electron chi connectivity index (χ0n) is 16.1. The van der Waals surface area contributed by atoms with Gasteiger partial charge in [0.1, 0.15) is 5.82 Å². The van der Waals surface area contributed by atoms with Crippen LogP contribution in [0.4, 0.5) is 0 Å². The van der Waals surface area contributed by atoms with Crippen LogP contribution in [0.25, 0.3) is 0 Å². The summed E-state index contributed by atoms with van der Waals surface area (Å²) in [5.41, 5.74) is 0.356. The lowest BCUT2D eigenvalue weighted by atomic mass is 9.93. The highest BCUT2D eigenvalue weighted by molar-refractivity contribution is 5.86. The predicted molar refractivity (Wildman–Crippen MR) is 101 cm³/mol. The van der Waals surface area contributed by atoms with Crippen LogP contribution in [0, 0.1) is 5.41 Å². The van der Waals surface area contributed by atoms with Crippen molar-refractivity contribution in [3.63, 3.8) is 0 Å². The fourth-order valence-corrected chi connectivity index (χ4v) is 4.67. The van der Waals surface area contributed by atoms with Crippen LogP contribution in [0.2, 0.25) is 0 Å². The highest BCUT2D eigenvalue weighted by atomic mass is 16.2. The van der Waals surface area contributed by atoms with Crippen molar-refractivity contribution in [2.24, 2.45) is 5.41 Å². The van der Waals surface area contributed by atoms with Gasteiger partial charge in [0.2, 0.25) is 11.8 Å². The summed E-state index contributed by atoms with van der Waals surface area (Å²) < 4.78 is 2.14. The maximum atomic E-state index is 12.9. The number of aryl methyl sites for hydroxylation is 1. The van der Waals surface area contributed by atoms with Crippen LogP contribution in [0.3, 0.4) is 0 Å². The maximum Gasteiger partial charge on any atom is 0.239 e. The van der Waals surface area contributed by atoms with E-state index in [-0.39, 0.29) is 18.4 Å². The summed E-state index contributed by atoms with van der Waals surface area (Å²) in [7, 11) is 0. The van der Waals surface area contributed by atoms with Crippen LogP contribution >= 0.6 is 0 Å². The van der Waals surface area contributed by atoms with Crippen LogP contribution in [0.1, 0.15) is 32.0 Å². The van der Waals surface area contributed by atoms with Crippen molar-refractivity contribution in [2.75, 3.05) is 39.3 Å². The van der Waals surface area contributed by atoms with Crippen molar-refractivity contribution in [3.8, 4) is 0 Å². The van der Waals surface area contributed by atoms with Crippen molar-refractivity contribution in [3.05, 3.63) is 18.2 Å². The molecule has 2 amide bonds. The molecular formula is C19H30N6O2. The lowest BCUT2D eigenvalue weighted by Crippen LogP contribution is -2.52. The monoisotopic (exact) mass is 374 g/mol. The SMILES string of the molecule is CCn1ccnc1CN(CC(=O)N1CCNC(=O)C1)C1CC12CCNCC2. The molecule has 0 aromatic carbocycles. The van der Waals surface area contributed by atoms with Gasteiger partial charge in [-0.1, -0.05) is 0 Å². The number of carbonyl (C=O) groups is 2. The molecule has 1 aliphatic carbocycles. The third kappa shape index (κ3) is 3.87. The van der Waals surface area contributed by atoms with Gasteiger partial charge in [0.15, 0.2) is 0 Å². The topological polar surface area (TPSA) is 82.5 Å². The second kappa shape index (κ2) is 7.59. The van der Waals surface area contributed by atoms with Crippen molar-refractivity contribution in [1.29, 1.82) is 0 Å². The first-order valence-electron chi connectivity index (χ1n) is 10.1. The molecule has 1 unspecified atom stereocenters. The van der Waals surface area contributed by atoms with Crippen LogP contribution in [0.5, 0.6) is 0 Å². The molecule has 1 atom stereocenters. The highest BCUT2D eigenvalue weighted by Gasteiger charge is 2.56. The molecule has 0 bridgehead atoms. The minimum atomic E-state index is -0.0658. The van der Waals surface area contributed by atoms with Gasteiger partial charge in [-0.25, -0.2) is 4.98 Å². The Hall–Kier alpha value is -1.93. The second-order valence-corrected chi connectivity index (χ2v) is 8.03. The summed E-state index contributed by atoms with van der Waals surface area (Å²) in [6.07, 6.45) is 7.35. The Morgan fingerprint density at radius 1 is 1.37 bits per heavy atom. The van der Waals surface area contributed by atoms with E-state index in [2.05, 4.69) is 32.0 Å². The summed E-state index contributed by atoms with van der Waals surface area (Å²) in [5.74, 6) is 0.997. The second-order valence-electron chi connectivity index (χ2n) is 8.03. The van der Waals surface area contributed by atoms with Gasteiger partial charge in [-0.15, -0.1) is 0 Å². The Morgan fingerprint density at radius 3 is 2.93 bits per heavy atom. The quantitative estimate of drug-likeness (QED) is 0.721. The summed E-state index contributed by atoms with van der Waals surface area (Å²) in [6, 6.07) is 0.434. The van der Waals surface area contributed by atoms with Crippen LogP contribution in [0.15, 0.2) is 12.4 Å². The number of aromatic nitrogens is 2. The predicted octanol–water partition coefficient (Wildman–Crippen LogP) is -0.194. The van der Waals surface area contributed by atoms with Crippen LogP contribution < -0.4 is 10.6 Å². The molecule has 2 N–H and O–H groups in total. The molecule has 1 saturated carbocycles. The van der Waals surface area contributed by atoms with Crippen molar-refractivity contribution < 1.29 is 9.59 Å². The van der Waals surface area contributed by atoms with E-state index in [0.717, 1.165) is 31.9 Å². The molecule has 2 saturated heterocycles. The molecule has 1 aromatic rings. The van der Waals surface area contributed by atoms with Gasteiger partial charge in [0.05, 0.1) is 19.6 Å². The smallest absolute Gasteiger partial charge is 0.239 e. The summed E-state index contributed by atoms with van der Waals surface area (Å²) >= 11 is 0. The van der Waals surface area contributed by atoms with E-state index in [1.54, 1.807) is 4.90 Å². The fraction of sp³-hybridized carbons (Fsp3) is 0.737. The zero-order valence-corrected chi connectivity index (χ0v) is 16.1. The lowest BCUT2D eigenvalue weighted by Gasteiger charge is -2.32. The van der Waals surface area contributed by atoms with Crippen LogP contribution in [-0.2, 0) is 22.7 Å². The Labute approximate surface area is 160 Å². The number of carbonyl (C=O) groups excluding carboxylic acids is 2. The first-order valence-corrected chi connectivity index (χ1v) is 10.1. The van der Waals surface area contributed by atoms with E-state index in [0.29, 0.717) is 37.6 Å². The van der Waals surface area contributed by atoms with E-state index in [9.17, 15) is 9.59 Å². The Morgan fingerprint density at radius 2 is 2.19 bits per heavy atom. The van der Waals surface area contributed by atoms with Gasteiger partial charge in [0, 0.05) is 38.1 Å². The van der Waals surface area contributed by atoms with Crippen LogP contribution in [-0.4, -0.2) is 76.5 Å². The van der Waals surface area contributed by atoms with E-state index in [1.165, 1.54) is 12.8 Å². The molecular weight excluding hydrogens is 344 g/mol. The van der Waals surface area contributed by atoms with Gasteiger partial charge >= 0.3 is 0 Å². The number of piperazine rings is 1. The Bertz CT molecular complexity index is 696. The molecule has 3 heterocycles. The molecule has 148 valence electrons. The third-order valence-corrected chi connectivity index (χ3v) is 6.40. The van der Waals surface area contributed by atoms with E-state index >= 15 is 0 Å². The molecule has 0 radical (unpaired) electrons. The molecule has 1 spiro atoms. The number of imidazole rings is 1. The van der Waals surface area contributed by atoms with E-state index in [4.69, 9.17) is 0 Å². The Balaban J connectivity index is 1.47. The largest absolute Gasteiger partial charge is 0.353 e. The number of piperidine rings is 1. The van der Waals surface area contributed by atoms with E-state index < -0.39 is 0 Å². The standard InChI is InChI=1S/C19H30N6O2/c1-2-23-9-7-21-16(23)12-25(15-11-19(15)3-5-20-6-4-19)14-18(27)24-10-8-22-17(26)13-24/h7,9,15,20H,2-6,8,10-14H2,1H3,(H,22,26). The molecule has 1 aromatic heterocycles. The number of rotatable bonds is 6. The molecule has 3 fully saturated rings. The number of hydrogen-bond donors (Lipinski definition) is 2. The van der Waals surface area contributed by atoms with Gasteiger partial charge in [0.25, 0.3) is 0 Å². The van der Waals surface area contributed by atoms with Crippen molar-refractivity contribution in [2.45, 2.75) is 45.3 Å². The highest BCUT2D eigenvalue weighted by Crippen LogP contribution is 2.55. The third-order valence-electron chi connectivity index (χ3n) is 6.40. The Kier molecular flexibility index (Phi) is 5.19. The molecule has 3 aliphatic rings. The van der Waals surface area contributed by atoms with Gasteiger partial charge in [-0.2, -0.15) is 0 Å².